The van der Waals surface area contributed by atoms with E-state index < -0.39 is 26.6 Å². The number of hydrogen-bond donors (Lipinski definition) is 4. The Bertz CT molecular complexity index is 277. The molecule has 0 heterocycles. The van der Waals surface area contributed by atoms with Crippen molar-refractivity contribution in [3.63, 3.8) is 0 Å². The molecular formula is C3H10BNO6P2. The van der Waals surface area contributed by atoms with E-state index in [-0.39, 0.29) is 0 Å². The Morgan fingerprint density at radius 1 is 1.46 bits per heavy atom. The van der Waals surface area contributed by atoms with E-state index in [0.717, 1.165) is 0 Å². The molecule has 0 aromatic heterocycles. The summed E-state index contributed by atoms with van der Waals surface area (Å²) in [6.45, 7) is 1.24. The van der Waals surface area contributed by atoms with Crippen LogP contribution in [0.1, 0.15) is 13.3 Å². The monoisotopic (exact) mass is 229 g/mol. The van der Waals surface area contributed by atoms with Crippen LogP contribution in [0.5, 0.6) is 0 Å². The van der Waals surface area contributed by atoms with Gasteiger partial charge in [-0.25, -0.2) is 0 Å². The number of rotatable bonds is 4. The van der Waals surface area contributed by atoms with Crippen molar-refractivity contribution in [2.24, 2.45) is 5.73 Å². The van der Waals surface area contributed by atoms with Gasteiger partial charge in [-0.2, -0.15) is 0 Å². The normalized spacial score (nSPS) is 21.9. The zero-order chi connectivity index (χ0) is 10.9. The van der Waals surface area contributed by atoms with Gasteiger partial charge in [-0.05, 0) is 6.42 Å². The average Bonchev–Trinajstić information content (AvgIpc) is 2.00. The first kappa shape index (κ1) is 13.3. The fourth-order valence-electron chi connectivity index (χ4n) is 0.662. The molecule has 2 atom stereocenters. The van der Waals surface area contributed by atoms with E-state index in [0.29, 0.717) is 0 Å². The average molecular weight is 229 g/mol. The fourth-order valence-corrected chi connectivity index (χ4v) is 3.11. The summed E-state index contributed by atoms with van der Waals surface area (Å²) in [5.41, 5.74) is 5.08. The Balaban J connectivity index is 5.33. The molecule has 2 unspecified atom stereocenters. The molecule has 13 heavy (non-hydrogen) atoms. The van der Waals surface area contributed by atoms with Crippen LogP contribution >= 0.6 is 15.2 Å². The third kappa shape index (κ3) is 2.22. The van der Waals surface area contributed by atoms with Crippen molar-refractivity contribution < 1.29 is 28.3 Å². The summed E-state index contributed by atoms with van der Waals surface area (Å²) < 4.78 is 25.5. The van der Waals surface area contributed by atoms with Gasteiger partial charge in [-0.15, -0.1) is 0 Å². The maximum absolute atomic E-state index is 11.1. The highest BCUT2D eigenvalue weighted by molar-refractivity contribution is 7.73. The maximum atomic E-state index is 11.1. The van der Waals surface area contributed by atoms with Crippen molar-refractivity contribution >= 4 is 23.2 Å². The molecule has 0 aliphatic carbocycles. The van der Waals surface area contributed by atoms with Crippen LogP contribution in [-0.2, 0) is 13.6 Å². The minimum Gasteiger partial charge on any atom is -0.381 e. The molecular weight excluding hydrogens is 219 g/mol. The zero-order valence-electron chi connectivity index (χ0n) is 6.82. The highest BCUT2D eigenvalue weighted by Crippen LogP contribution is 2.69. The first-order valence-corrected chi connectivity index (χ1v) is 6.37. The maximum Gasteiger partial charge on any atom is 0.357 e. The smallest absolute Gasteiger partial charge is 0.357 e. The molecule has 0 fully saturated rings. The van der Waals surface area contributed by atoms with Gasteiger partial charge in [0.05, 0.1) is 0 Å². The van der Waals surface area contributed by atoms with E-state index >= 15 is 0 Å². The summed E-state index contributed by atoms with van der Waals surface area (Å²) in [4.78, 5) is 26.4. The molecule has 0 bridgehead atoms. The lowest BCUT2D eigenvalue weighted by Crippen LogP contribution is -2.39. The molecule has 5 N–H and O–H groups in total. The quantitative estimate of drug-likeness (QED) is 0.376. The Labute approximate surface area is 76.4 Å². The molecule has 0 saturated heterocycles. The van der Waals surface area contributed by atoms with Crippen LogP contribution in [0.15, 0.2) is 0 Å². The van der Waals surface area contributed by atoms with Crippen LogP contribution < -0.4 is 5.73 Å². The molecule has 0 aliphatic rings. The predicted molar refractivity (Wildman–Crippen MR) is 45.9 cm³/mol. The van der Waals surface area contributed by atoms with E-state index in [1.807, 2.05) is 0 Å². The molecule has 0 spiro atoms. The lowest BCUT2D eigenvalue weighted by atomic mass is 10.5. The second-order valence-corrected chi connectivity index (χ2v) is 6.69. The van der Waals surface area contributed by atoms with Gasteiger partial charge < -0.3 is 24.9 Å². The summed E-state index contributed by atoms with van der Waals surface area (Å²) in [7, 11) is -5.26. The molecule has 10 heteroatoms. The molecule has 0 aromatic rings. The van der Waals surface area contributed by atoms with Gasteiger partial charge in [0.15, 0.2) is 0 Å². The van der Waals surface area contributed by atoms with Crippen LogP contribution in [0.2, 0.25) is 0 Å². The minimum absolute atomic E-state index is 0.442. The third-order valence-corrected chi connectivity index (χ3v) is 6.10. The Kier molecular flexibility index (Phi) is 3.92. The van der Waals surface area contributed by atoms with Gasteiger partial charge in [0.25, 0.3) is 8.05 Å². The first-order chi connectivity index (χ1) is 5.62. The zero-order valence-corrected chi connectivity index (χ0v) is 8.61. The number of hydrogen-bond acceptors (Lipinski definition) is 4. The van der Waals surface area contributed by atoms with Crippen LogP contribution in [0.25, 0.3) is 0 Å². The van der Waals surface area contributed by atoms with Crippen molar-refractivity contribution in [2.75, 3.05) is 0 Å². The van der Waals surface area contributed by atoms with Gasteiger partial charge in [-0.3, -0.25) is 9.13 Å². The Morgan fingerprint density at radius 2 is 1.85 bits per heavy atom. The minimum atomic E-state index is -4.97. The first-order valence-electron chi connectivity index (χ1n) is 3.18. The SMILES string of the molecule is [B]OP(=O)(O)C(N)(CC)P(=O)(O)O. The number of nitrogens with two attached hydrogens (primary N) is 1. The van der Waals surface area contributed by atoms with E-state index in [4.69, 9.17) is 20.4 Å². The standard InChI is InChI=1S/C3H10BNO6P2/c1-2-3(5,12(6,7)8)13(9,10)11-4/h2,5H2,1H3,(H,9,10)(H2,6,7,8). The molecule has 7 nitrogen and oxygen atoms in total. The largest absolute Gasteiger partial charge is 0.381 e. The summed E-state index contributed by atoms with van der Waals surface area (Å²) in [5, 5.41) is -2.64. The van der Waals surface area contributed by atoms with E-state index in [1.165, 1.54) is 6.92 Å². The molecule has 0 saturated carbocycles. The second kappa shape index (κ2) is 3.83. The Morgan fingerprint density at radius 3 is 1.92 bits per heavy atom. The molecule has 0 rings (SSSR count). The van der Waals surface area contributed by atoms with Gasteiger partial charge in [0, 0.05) is 0 Å². The van der Waals surface area contributed by atoms with Crippen LogP contribution in [0.3, 0.4) is 0 Å². The van der Waals surface area contributed by atoms with Crippen molar-refractivity contribution in [3.05, 3.63) is 0 Å². The van der Waals surface area contributed by atoms with Crippen molar-refractivity contribution in [3.8, 4) is 0 Å². The van der Waals surface area contributed by atoms with Crippen LogP contribution in [-0.4, -0.2) is 27.8 Å². The predicted octanol–water partition coefficient (Wildman–Crippen LogP) is -0.528. The highest BCUT2D eigenvalue weighted by Gasteiger charge is 2.56. The van der Waals surface area contributed by atoms with E-state index in [2.05, 4.69) is 12.5 Å². The lowest BCUT2D eigenvalue weighted by molar-refractivity contribution is 0.314. The third-order valence-electron chi connectivity index (χ3n) is 1.66. The fraction of sp³-hybridized carbons (Fsp3) is 1.00. The van der Waals surface area contributed by atoms with Gasteiger partial charge >= 0.3 is 15.2 Å². The van der Waals surface area contributed by atoms with Crippen molar-refractivity contribution in [1.82, 2.24) is 0 Å². The molecule has 0 aliphatic heterocycles. The lowest BCUT2D eigenvalue weighted by Gasteiger charge is -2.31. The Hall–Kier alpha value is 0.325. The molecule has 2 radical (unpaired) electrons. The summed E-state index contributed by atoms with van der Waals surface area (Å²) >= 11 is 0. The summed E-state index contributed by atoms with van der Waals surface area (Å²) in [6, 6.07) is 0. The van der Waals surface area contributed by atoms with E-state index in [9.17, 15) is 9.13 Å². The van der Waals surface area contributed by atoms with Gasteiger partial charge in [0.1, 0.15) is 0 Å². The highest BCUT2D eigenvalue weighted by atomic mass is 31.2. The van der Waals surface area contributed by atoms with Gasteiger partial charge in [-0.1, -0.05) is 6.92 Å². The van der Waals surface area contributed by atoms with Gasteiger partial charge in [0.2, 0.25) is 5.02 Å². The van der Waals surface area contributed by atoms with Crippen LogP contribution in [0, 0.1) is 0 Å². The molecule has 76 valence electrons. The van der Waals surface area contributed by atoms with Crippen LogP contribution in [0.4, 0.5) is 0 Å². The topological polar surface area (TPSA) is 130 Å². The molecule has 0 amide bonds. The van der Waals surface area contributed by atoms with Crippen molar-refractivity contribution in [2.45, 2.75) is 18.4 Å². The molecule has 0 aromatic carbocycles. The van der Waals surface area contributed by atoms with E-state index in [1.54, 1.807) is 0 Å². The summed E-state index contributed by atoms with van der Waals surface area (Å²) in [6.07, 6.45) is -0.442. The van der Waals surface area contributed by atoms with Crippen molar-refractivity contribution in [1.29, 1.82) is 0 Å². The second-order valence-electron chi connectivity index (χ2n) is 2.40. The summed E-state index contributed by atoms with van der Waals surface area (Å²) in [5.74, 6) is 0.